The highest BCUT2D eigenvalue weighted by atomic mass is 16.5. The molecule has 0 saturated heterocycles. The Bertz CT molecular complexity index is 1270. The molecule has 8 nitrogen and oxygen atoms in total. The van der Waals surface area contributed by atoms with Crippen molar-refractivity contribution in [2.45, 2.75) is 20.1 Å². The molecule has 0 amide bonds. The number of benzene rings is 1. The summed E-state index contributed by atoms with van der Waals surface area (Å²) >= 11 is 0. The van der Waals surface area contributed by atoms with Gasteiger partial charge in [0.1, 0.15) is 17.9 Å². The van der Waals surface area contributed by atoms with Gasteiger partial charge >= 0.3 is 5.97 Å². The Kier molecular flexibility index (Phi) is 5.47. The van der Waals surface area contributed by atoms with Crippen LogP contribution in [0.4, 0.5) is 0 Å². The van der Waals surface area contributed by atoms with Crippen LogP contribution >= 0.6 is 0 Å². The Morgan fingerprint density at radius 1 is 1.13 bits per heavy atom. The molecule has 3 aromatic heterocycles. The quantitative estimate of drug-likeness (QED) is 0.364. The van der Waals surface area contributed by atoms with Crippen LogP contribution in [0.2, 0.25) is 0 Å². The van der Waals surface area contributed by atoms with Gasteiger partial charge < -0.3 is 4.74 Å². The summed E-state index contributed by atoms with van der Waals surface area (Å²) in [6.07, 6.45) is 4.54. The van der Waals surface area contributed by atoms with E-state index in [9.17, 15) is 9.59 Å². The molecule has 0 aliphatic carbocycles. The fourth-order valence-corrected chi connectivity index (χ4v) is 3.02. The molecular weight excluding hydrogens is 382 g/mol. The average Bonchev–Trinajstić information content (AvgIpc) is 3.18. The molecule has 0 spiro atoms. The predicted octanol–water partition coefficient (Wildman–Crippen LogP) is 2.40. The minimum absolute atomic E-state index is 0.0937. The minimum atomic E-state index is -0.557. The molecule has 0 unspecified atom stereocenters. The molecule has 0 atom stereocenters. The molecular formula is C22H19N5O3. The van der Waals surface area contributed by atoms with E-state index < -0.39 is 5.97 Å². The first kappa shape index (κ1) is 19.3. The van der Waals surface area contributed by atoms with Crippen molar-refractivity contribution in [1.29, 1.82) is 0 Å². The lowest BCUT2D eigenvalue weighted by Crippen LogP contribution is -2.18. The Labute approximate surface area is 172 Å². The third kappa shape index (κ3) is 4.49. The SMILES string of the molecule is Cc1cccc2nc(COC(=O)/C=C/c3cn(Cc4ccccc4)nn3)cc(=O)n12. The van der Waals surface area contributed by atoms with Crippen molar-refractivity contribution in [3.8, 4) is 0 Å². The first-order chi connectivity index (χ1) is 14.6. The van der Waals surface area contributed by atoms with Gasteiger partial charge in [-0.3, -0.25) is 9.20 Å². The van der Waals surface area contributed by atoms with Crippen LogP contribution in [0.15, 0.2) is 71.7 Å². The van der Waals surface area contributed by atoms with Crippen molar-refractivity contribution in [3.63, 3.8) is 0 Å². The largest absolute Gasteiger partial charge is 0.456 e. The molecule has 3 heterocycles. The minimum Gasteiger partial charge on any atom is -0.456 e. The molecule has 0 aliphatic rings. The standard InChI is InChI=1S/C22H19N5O3/c1-16-6-5-9-20-23-19(12-21(28)27(16)20)15-30-22(29)11-10-18-14-26(25-24-18)13-17-7-3-2-4-8-17/h2-12,14H,13,15H2,1H3/b11-10+. The number of rotatable bonds is 6. The number of aryl methyl sites for hydroxylation is 1. The topological polar surface area (TPSA) is 91.4 Å². The van der Waals surface area contributed by atoms with Gasteiger partial charge in [-0.2, -0.15) is 0 Å². The first-order valence-electron chi connectivity index (χ1n) is 9.36. The number of carbonyl (C=O) groups excluding carboxylic acids is 1. The van der Waals surface area contributed by atoms with E-state index >= 15 is 0 Å². The van der Waals surface area contributed by atoms with E-state index in [2.05, 4.69) is 15.3 Å². The maximum absolute atomic E-state index is 12.3. The van der Waals surface area contributed by atoms with E-state index in [1.54, 1.807) is 16.9 Å². The molecule has 8 heteroatoms. The molecule has 0 saturated carbocycles. The lowest BCUT2D eigenvalue weighted by atomic mass is 10.2. The second-order valence-electron chi connectivity index (χ2n) is 6.71. The van der Waals surface area contributed by atoms with Gasteiger partial charge in [-0.05, 0) is 30.7 Å². The Morgan fingerprint density at radius 2 is 1.97 bits per heavy atom. The number of aromatic nitrogens is 5. The van der Waals surface area contributed by atoms with Crippen LogP contribution in [0.1, 0.15) is 22.6 Å². The monoisotopic (exact) mass is 401 g/mol. The number of carbonyl (C=O) groups is 1. The molecule has 0 bridgehead atoms. The number of hydrogen-bond donors (Lipinski definition) is 0. The average molecular weight is 401 g/mol. The molecule has 0 radical (unpaired) electrons. The number of esters is 1. The second kappa shape index (κ2) is 8.52. The van der Waals surface area contributed by atoms with E-state index in [-0.39, 0.29) is 12.2 Å². The Balaban J connectivity index is 1.37. The molecule has 0 fully saturated rings. The van der Waals surface area contributed by atoms with Crippen molar-refractivity contribution in [2.75, 3.05) is 0 Å². The van der Waals surface area contributed by atoms with Crippen molar-refractivity contribution in [3.05, 3.63) is 99.9 Å². The van der Waals surface area contributed by atoms with Crippen molar-refractivity contribution in [1.82, 2.24) is 24.4 Å². The summed E-state index contributed by atoms with van der Waals surface area (Å²) in [7, 11) is 0. The zero-order valence-electron chi connectivity index (χ0n) is 16.3. The molecule has 150 valence electrons. The highest BCUT2D eigenvalue weighted by Crippen LogP contribution is 2.06. The van der Waals surface area contributed by atoms with E-state index in [0.29, 0.717) is 23.6 Å². The maximum Gasteiger partial charge on any atom is 0.331 e. The van der Waals surface area contributed by atoms with Crippen molar-refractivity contribution < 1.29 is 9.53 Å². The molecule has 4 rings (SSSR count). The summed E-state index contributed by atoms with van der Waals surface area (Å²) < 4.78 is 8.39. The van der Waals surface area contributed by atoms with Crippen LogP contribution in [-0.2, 0) is 22.7 Å². The fourth-order valence-electron chi connectivity index (χ4n) is 3.02. The fraction of sp³-hybridized carbons (Fsp3) is 0.136. The van der Waals surface area contributed by atoms with Crippen molar-refractivity contribution in [2.24, 2.45) is 0 Å². The van der Waals surface area contributed by atoms with E-state index in [4.69, 9.17) is 4.74 Å². The van der Waals surface area contributed by atoms with Crippen LogP contribution in [0, 0.1) is 6.92 Å². The summed E-state index contributed by atoms with van der Waals surface area (Å²) in [5.74, 6) is -0.557. The summed E-state index contributed by atoms with van der Waals surface area (Å²) in [5.41, 5.74) is 3.12. The maximum atomic E-state index is 12.3. The van der Waals surface area contributed by atoms with E-state index in [1.807, 2.05) is 49.4 Å². The highest BCUT2D eigenvalue weighted by molar-refractivity contribution is 5.86. The highest BCUT2D eigenvalue weighted by Gasteiger charge is 2.06. The Morgan fingerprint density at radius 3 is 2.80 bits per heavy atom. The number of pyridine rings is 1. The first-order valence-corrected chi connectivity index (χ1v) is 9.36. The lowest BCUT2D eigenvalue weighted by molar-refractivity contribution is -0.139. The summed E-state index contributed by atoms with van der Waals surface area (Å²) in [6, 6.07) is 16.6. The third-order valence-electron chi connectivity index (χ3n) is 4.43. The van der Waals surface area contributed by atoms with Crippen LogP contribution in [0.3, 0.4) is 0 Å². The zero-order valence-corrected chi connectivity index (χ0v) is 16.3. The summed E-state index contributed by atoms with van der Waals surface area (Å²) in [5, 5.41) is 8.06. The van der Waals surface area contributed by atoms with Gasteiger partial charge in [0.15, 0.2) is 0 Å². The number of fused-ring (bicyclic) bond motifs is 1. The van der Waals surface area contributed by atoms with Gasteiger partial charge in [-0.15, -0.1) is 5.10 Å². The van der Waals surface area contributed by atoms with Crippen LogP contribution < -0.4 is 5.56 Å². The predicted molar refractivity (Wildman–Crippen MR) is 111 cm³/mol. The van der Waals surface area contributed by atoms with Crippen LogP contribution in [0.5, 0.6) is 0 Å². The van der Waals surface area contributed by atoms with Gasteiger partial charge in [0, 0.05) is 17.8 Å². The summed E-state index contributed by atoms with van der Waals surface area (Å²) in [6.45, 7) is 2.33. The number of hydrogen-bond acceptors (Lipinski definition) is 6. The second-order valence-corrected chi connectivity index (χ2v) is 6.71. The molecule has 4 aromatic rings. The number of ether oxygens (including phenoxy) is 1. The normalized spacial score (nSPS) is 11.2. The van der Waals surface area contributed by atoms with Gasteiger partial charge in [0.25, 0.3) is 5.56 Å². The summed E-state index contributed by atoms with van der Waals surface area (Å²) in [4.78, 5) is 28.6. The van der Waals surface area contributed by atoms with Crippen LogP contribution in [0.25, 0.3) is 11.7 Å². The lowest BCUT2D eigenvalue weighted by Gasteiger charge is -2.06. The molecule has 0 N–H and O–H groups in total. The van der Waals surface area contributed by atoms with E-state index in [1.165, 1.54) is 22.6 Å². The number of nitrogens with zero attached hydrogens (tertiary/aromatic N) is 5. The van der Waals surface area contributed by atoms with Gasteiger partial charge in [-0.25, -0.2) is 14.5 Å². The third-order valence-corrected chi connectivity index (χ3v) is 4.43. The van der Waals surface area contributed by atoms with Crippen molar-refractivity contribution >= 4 is 17.7 Å². The van der Waals surface area contributed by atoms with Gasteiger partial charge in [0.2, 0.25) is 0 Å². The van der Waals surface area contributed by atoms with E-state index in [0.717, 1.165) is 11.3 Å². The molecule has 1 aromatic carbocycles. The zero-order chi connectivity index (χ0) is 20.9. The Hall–Kier alpha value is -4.07. The van der Waals surface area contributed by atoms with Crippen LogP contribution in [-0.4, -0.2) is 30.3 Å². The smallest absolute Gasteiger partial charge is 0.331 e. The molecule has 0 aliphatic heterocycles. The van der Waals surface area contributed by atoms with Gasteiger partial charge in [-0.1, -0.05) is 41.6 Å². The molecule has 30 heavy (non-hydrogen) atoms. The van der Waals surface area contributed by atoms with Gasteiger partial charge in [0.05, 0.1) is 18.4 Å².